The number of hydrogen-bond donors (Lipinski definition) is 1. The predicted molar refractivity (Wildman–Crippen MR) is 62.3 cm³/mol. The van der Waals surface area contributed by atoms with E-state index in [-0.39, 0.29) is 11.5 Å². The summed E-state index contributed by atoms with van der Waals surface area (Å²) in [5, 5.41) is 3.42. The normalized spacial score (nSPS) is 29.4. The fourth-order valence-corrected chi connectivity index (χ4v) is 2.70. The van der Waals surface area contributed by atoms with Crippen LogP contribution in [0, 0.1) is 0 Å². The van der Waals surface area contributed by atoms with E-state index in [0.717, 1.165) is 39.0 Å². The van der Waals surface area contributed by atoms with Gasteiger partial charge >= 0.3 is 0 Å². The quantitative estimate of drug-likeness (QED) is 0.718. The zero-order valence-electron chi connectivity index (χ0n) is 10.3. The molecule has 0 aromatic carbocycles. The van der Waals surface area contributed by atoms with Gasteiger partial charge in [-0.3, -0.25) is 4.79 Å². The summed E-state index contributed by atoms with van der Waals surface area (Å²) in [6.45, 7) is 7.61. The van der Waals surface area contributed by atoms with Crippen molar-refractivity contribution in [3.05, 3.63) is 0 Å². The molecule has 2 rings (SSSR count). The van der Waals surface area contributed by atoms with Crippen LogP contribution in [0.4, 0.5) is 0 Å². The zero-order chi connectivity index (χ0) is 11.6. The summed E-state index contributed by atoms with van der Waals surface area (Å²) >= 11 is 0. The first-order valence-electron chi connectivity index (χ1n) is 6.31. The highest BCUT2D eigenvalue weighted by molar-refractivity contribution is 5.75. The molecular weight excluding hydrogens is 204 g/mol. The van der Waals surface area contributed by atoms with Gasteiger partial charge in [0, 0.05) is 32.6 Å². The Balaban J connectivity index is 1.90. The Morgan fingerprint density at radius 1 is 1.50 bits per heavy atom. The maximum absolute atomic E-state index is 11.6. The lowest BCUT2D eigenvalue weighted by Crippen LogP contribution is -2.58. The van der Waals surface area contributed by atoms with Gasteiger partial charge in [-0.25, -0.2) is 0 Å². The van der Waals surface area contributed by atoms with E-state index < -0.39 is 0 Å². The molecule has 0 aromatic heterocycles. The van der Waals surface area contributed by atoms with E-state index in [4.69, 9.17) is 4.74 Å². The second kappa shape index (κ2) is 4.72. The molecule has 92 valence electrons. The summed E-state index contributed by atoms with van der Waals surface area (Å²) in [7, 11) is 0. The van der Waals surface area contributed by atoms with Gasteiger partial charge in [-0.1, -0.05) is 6.92 Å². The summed E-state index contributed by atoms with van der Waals surface area (Å²) in [5.41, 5.74) is -0.0117. The van der Waals surface area contributed by atoms with Crippen LogP contribution in [0.2, 0.25) is 0 Å². The van der Waals surface area contributed by atoms with Crippen LogP contribution in [0.15, 0.2) is 0 Å². The Morgan fingerprint density at radius 3 is 2.75 bits per heavy atom. The number of rotatable bonds is 1. The standard InChI is InChI=1S/C12H22N2O2/c1-3-11(15)14-6-4-12(5-7-14)9-13-8-10(2)16-12/h10,13H,3-9H2,1-2H3. The number of nitrogens with zero attached hydrogens (tertiary/aromatic N) is 1. The van der Waals surface area contributed by atoms with Gasteiger partial charge in [0.1, 0.15) is 0 Å². The van der Waals surface area contributed by atoms with Crippen molar-refractivity contribution in [2.75, 3.05) is 26.2 Å². The lowest BCUT2D eigenvalue weighted by molar-refractivity contribution is -0.150. The Labute approximate surface area is 97.3 Å². The van der Waals surface area contributed by atoms with Crippen LogP contribution < -0.4 is 5.32 Å². The molecular formula is C12H22N2O2. The number of nitrogens with one attached hydrogen (secondary N) is 1. The first-order chi connectivity index (χ1) is 7.65. The van der Waals surface area contributed by atoms with Gasteiger partial charge < -0.3 is 15.0 Å². The molecule has 0 aromatic rings. The largest absolute Gasteiger partial charge is 0.369 e. The predicted octanol–water partition coefficient (Wildman–Crippen LogP) is 0.766. The third kappa shape index (κ3) is 2.38. The number of likely N-dealkylation sites (tertiary alicyclic amines) is 1. The van der Waals surface area contributed by atoms with Crippen molar-refractivity contribution < 1.29 is 9.53 Å². The fraction of sp³-hybridized carbons (Fsp3) is 0.917. The van der Waals surface area contributed by atoms with Gasteiger partial charge in [0.15, 0.2) is 0 Å². The molecule has 1 atom stereocenters. The SMILES string of the molecule is CCC(=O)N1CCC2(CC1)CNCC(C)O2. The summed E-state index contributed by atoms with van der Waals surface area (Å²) in [6, 6.07) is 0. The molecule has 2 aliphatic rings. The van der Waals surface area contributed by atoms with Crippen LogP contribution in [0.3, 0.4) is 0 Å². The lowest BCUT2D eigenvalue weighted by atomic mass is 9.89. The third-order valence-corrected chi connectivity index (χ3v) is 3.66. The van der Waals surface area contributed by atoms with E-state index in [1.807, 2.05) is 11.8 Å². The van der Waals surface area contributed by atoms with Crippen molar-refractivity contribution in [2.24, 2.45) is 0 Å². The number of hydrogen-bond acceptors (Lipinski definition) is 3. The average Bonchev–Trinajstić information content (AvgIpc) is 2.29. The first-order valence-corrected chi connectivity index (χ1v) is 6.31. The van der Waals surface area contributed by atoms with Crippen LogP contribution in [0.1, 0.15) is 33.1 Å². The molecule has 1 unspecified atom stereocenters. The number of amides is 1. The smallest absolute Gasteiger partial charge is 0.222 e. The monoisotopic (exact) mass is 226 g/mol. The Kier molecular flexibility index (Phi) is 3.50. The first kappa shape index (κ1) is 11.9. The minimum absolute atomic E-state index is 0.0117. The molecule has 0 saturated carbocycles. The summed E-state index contributed by atoms with van der Waals surface area (Å²) in [4.78, 5) is 13.5. The molecule has 2 heterocycles. The maximum Gasteiger partial charge on any atom is 0.222 e. The average molecular weight is 226 g/mol. The maximum atomic E-state index is 11.6. The summed E-state index contributed by atoms with van der Waals surface area (Å²) in [5.74, 6) is 0.270. The van der Waals surface area contributed by atoms with Crippen molar-refractivity contribution >= 4 is 5.91 Å². The number of ether oxygens (including phenoxy) is 1. The Hall–Kier alpha value is -0.610. The zero-order valence-corrected chi connectivity index (χ0v) is 10.3. The molecule has 0 radical (unpaired) electrons. The van der Waals surface area contributed by atoms with Crippen molar-refractivity contribution in [1.82, 2.24) is 10.2 Å². The van der Waals surface area contributed by atoms with Gasteiger partial charge in [0.25, 0.3) is 0 Å². The van der Waals surface area contributed by atoms with E-state index in [1.165, 1.54) is 0 Å². The number of morpholine rings is 1. The molecule has 0 aliphatic carbocycles. The van der Waals surface area contributed by atoms with Gasteiger partial charge in [0.2, 0.25) is 5.91 Å². The van der Waals surface area contributed by atoms with Crippen molar-refractivity contribution in [3.8, 4) is 0 Å². The lowest BCUT2D eigenvalue weighted by Gasteiger charge is -2.46. The van der Waals surface area contributed by atoms with Crippen LogP contribution in [0.25, 0.3) is 0 Å². The van der Waals surface area contributed by atoms with Crippen molar-refractivity contribution in [2.45, 2.75) is 44.8 Å². The number of piperidine rings is 1. The fourth-order valence-electron chi connectivity index (χ4n) is 2.70. The van der Waals surface area contributed by atoms with E-state index in [9.17, 15) is 4.79 Å². The summed E-state index contributed by atoms with van der Waals surface area (Å²) < 4.78 is 6.08. The Bertz CT molecular complexity index is 260. The topological polar surface area (TPSA) is 41.6 Å². The van der Waals surface area contributed by atoms with Gasteiger partial charge in [-0.15, -0.1) is 0 Å². The molecule has 1 amide bonds. The van der Waals surface area contributed by atoms with Crippen LogP contribution in [-0.2, 0) is 9.53 Å². The third-order valence-electron chi connectivity index (χ3n) is 3.66. The minimum Gasteiger partial charge on any atom is -0.369 e. The summed E-state index contributed by atoms with van der Waals surface area (Å²) in [6.07, 6.45) is 2.84. The second-order valence-electron chi connectivity index (χ2n) is 4.98. The van der Waals surface area contributed by atoms with Gasteiger partial charge in [-0.2, -0.15) is 0 Å². The van der Waals surface area contributed by atoms with Gasteiger partial charge in [-0.05, 0) is 19.8 Å². The molecule has 4 nitrogen and oxygen atoms in total. The minimum atomic E-state index is -0.0117. The second-order valence-corrected chi connectivity index (χ2v) is 4.98. The molecule has 1 N–H and O–H groups in total. The molecule has 0 bridgehead atoms. The van der Waals surface area contributed by atoms with E-state index >= 15 is 0 Å². The van der Waals surface area contributed by atoms with Crippen LogP contribution in [0.5, 0.6) is 0 Å². The molecule has 16 heavy (non-hydrogen) atoms. The van der Waals surface area contributed by atoms with Crippen molar-refractivity contribution in [3.63, 3.8) is 0 Å². The van der Waals surface area contributed by atoms with E-state index in [0.29, 0.717) is 12.5 Å². The number of carbonyl (C=O) groups excluding carboxylic acids is 1. The van der Waals surface area contributed by atoms with Crippen molar-refractivity contribution in [1.29, 1.82) is 0 Å². The molecule has 4 heteroatoms. The highest BCUT2D eigenvalue weighted by Gasteiger charge is 2.39. The highest BCUT2D eigenvalue weighted by atomic mass is 16.5. The van der Waals surface area contributed by atoms with Crippen LogP contribution >= 0.6 is 0 Å². The highest BCUT2D eigenvalue weighted by Crippen LogP contribution is 2.29. The van der Waals surface area contributed by atoms with E-state index in [1.54, 1.807) is 0 Å². The molecule has 2 aliphatic heterocycles. The molecule has 2 fully saturated rings. The molecule has 1 spiro atoms. The Morgan fingerprint density at radius 2 is 2.19 bits per heavy atom. The van der Waals surface area contributed by atoms with Crippen LogP contribution in [-0.4, -0.2) is 48.7 Å². The van der Waals surface area contributed by atoms with E-state index in [2.05, 4.69) is 12.2 Å². The van der Waals surface area contributed by atoms with Gasteiger partial charge in [0.05, 0.1) is 11.7 Å². The molecule has 2 saturated heterocycles. The number of carbonyl (C=O) groups is 1.